The van der Waals surface area contributed by atoms with E-state index in [1.807, 2.05) is 39.1 Å². The minimum atomic E-state index is -0.167. The Morgan fingerprint density at radius 2 is 2.04 bits per heavy atom. The van der Waals surface area contributed by atoms with Crippen LogP contribution < -0.4 is 9.47 Å². The molecule has 0 aliphatic carbocycles. The average Bonchev–Trinajstić information content (AvgIpc) is 3.01. The Morgan fingerprint density at radius 1 is 1.27 bits per heavy atom. The number of rotatable bonds is 5. The van der Waals surface area contributed by atoms with E-state index in [1.165, 1.54) is 0 Å². The molecule has 1 unspecified atom stereocenters. The topological polar surface area (TPSA) is 68.0 Å². The summed E-state index contributed by atoms with van der Waals surface area (Å²) in [6.07, 6.45) is 0. The number of aromatic nitrogens is 1. The first kappa shape index (κ1) is 18.3. The first-order valence-electron chi connectivity index (χ1n) is 8.63. The highest BCUT2D eigenvalue weighted by Crippen LogP contribution is 2.38. The van der Waals surface area contributed by atoms with Crippen LogP contribution in [0.4, 0.5) is 0 Å². The Hall–Kier alpha value is -2.54. The summed E-state index contributed by atoms with van der Waals surface area (Å²) < 4.78 is 16.7. The van der Waals surface area contributed by atoms with Crippen LogP contribution in [0.15, 0.2) is 22.6 Å². The Kier molecular flexibility index (Phi) is 5.18. The number of para-hydroxylation sites is 1. The van der Waals surface area contributed by atoms with Crippen LogP contribution in [0, 0.1) is 6.92 Å². The van der Waals surface area contributed by atoms with E-state index in [2.05, 4.69) is 9.88 Å². The largest absolute Gasteiger partial charge is 0.493 e. The monoisotopic (exact) mass is 359 g/mol. The van der Waals surface area contributed by atoms with Crippen LogP contribution in [0.1, 0.15) is 18.4 Å². The maximum atomic E-state index is 12.2. The molecule has 7 nitrogen and oxygen atoms in total. The van der Waals surface area contributed by atoms with Gasteiger partial charge in [-0.1, -0.05) is 6.07 Å². The molecule has 2 aromatic rings. The van der Waals surface area contributed by atoms with Gasteiger partial charge in [0, 0.05) is 26.7 Å². The third-order valence-corrected chi connectivity index (χ3v) is 4.88. The molecule has 0 N–H and O–H groups in total. The lowest BCUT2D eigenvalue weighted by Gasteiger charge is -2.36. The predicted molar refractivity (Wildman–Crippen MR) is 97.3 cm³/mol. The predicted octanol–water partition coefficient (Wildman–Crippen LogP) is 2.33. The summed E-state index contributed by atoms with van der Waals surface area (Å²) in [6, 6.07) is 5.42. The molecule has 26 heavy (non-hydrogen) atoms. The van der Waals surface area contributed by atoms with E-state index in [4.69, 9.17) is 13.9 Å². The van der Waals surface area contributed by atoms with Crippen LogP contribution in [0.5, 0.6) is 11.5 Å². The number of oxazole rings is 1. The standard InChI is InChI=1S/C19H25N3O4/c1-12-19(23)21(3)9-10-22(12)11-15-13(2)26-18(20-15)14-7-6-8-16(24-4)17(14)25-5/h6-8,12H,9-11H2,1-5H3. The molecule has 0 radical (unpaired) electrons. The van der Waals surface area contributed by atoms with Gasteiger partial charge >= 0.3 is 0 Å². The molecular weight excluding hydrogens is 334 g/mol. The van der Waals surface area contributed by atoms with Crippen molar-refractivity contribution in [1.29, 1.82) is 0 Å². The zero-order chi connectivity index (χ0) is 18.8. The van der Waals surface area contributed by atoms with Crippen molar-refractivity contribution >= 4 is 5.91 Å². The smallest absolute Gasteiger partial charge is 0.239 e. The second-order valence-corrected chi connectivity index (χ2v) is 6.47. The normalized spacial score (nSPS) is 18.3. The summed E-state index contributed by atoms with van der Waals surface area (Å²) in [5.74, 6) is 2.57. The number of amides is 1. The summed E-state index contributed by atoms with van der Waals surface area (Å²) in [6.45, 7) is 5.92. The second-order valence-electron chi connectivity index (χ2n) is 6.47. The van der Waals surface area contributed by atoms with Gasteiger partial charge in [-0.05, 0) is 26.0 Å². The number of hydrogen-bond donors (Lipinski definition) is 0. The van der Waals surface area contributed by atoms with E-state index in [0.717, 1.165) is 30.1 Å². The fraction of sp³-hybridized carbons (Fsp3) is 0.474. The van der Waals surface area contributed by atoms with Crippen LogP contribution in [0.25, 0.3) is 11.5 Å². The number of likely N-dealkylation sites (N-methyl/N-ethyl adjacent to an activating group) is 1. The maximum Gasteiger partial charge on any atom is 0.239 e. The molecule has 7 heteroatoms. The summed E-state index contributed by atoms with van der Waals surface area (Å²) in [4.78, 5) is 20.8. The molecule has 2 heterocycles. The van der Waals surface area contributed by atoms with Gasteiger partial charge in [-0.25, -0.2) is 4.98 Å². The van der Waals surface area contributed by atoms with Gasteiger partial charge in [0.15, 0.2) is 11.5 Å². The lowest BCUT2D eigenvalue weighted by molar-refractivity contribution is -0.139. The Labute approximate surface area is 153 Å². The number of hydrogen-bond acceptors (Lipinski definition) is 6. The number of ether oxygens (including phenoxy) is 2. The molecule has 1 fully saturated rings. The molecule has 1 aromatic heterocycles. The van der Waals surface area contributed by atoms with E-state index in [0.29, 0.717) is 23.9 Å². The Bertz CT molecular complexity index is 802. The number of carbonyl (C=O) groups excluding carboxylic acids is 1. The van der Waals surface area contributed by atoms with E-state index < -0.39 is 0 Å². The summed E-state index contributed by atoms with van der Waals surface area (Å²) >= 11 is 0. The quantitative estimate of drug-likeness (QED) is 0.816. The molecule has 0 saturated carbocycles. The van der Waals surface area contributed by atoms with Gasteiger partial charge in [0.25, 0.3) is 0 Å². The van der Waals surface area contributed by atoms with Crippen molar-refractivity contribution in [1.82, 2.24) is 14.8 Å². The lowest BCUT2D eigenvalue weighted by atomic mass is 10.1. The minimum Gasteiger partial charge on any atom is -0.493 e. The number of carbonyl (C=O) groups is 1. The van der Waals surface area contributed by atoms with Crippen LogP contribution in [0.3, 0.4) is 0 Å². The molecule has 140 valence electrons. The van der Waals surface area contributed by atoms with Crippen molar-refractivity contribution in [3.63, 3.8) is 0 Å². The van der Waals surface area contributed by atoms with Crippen molar-refractivity contribution in [3.8, 4) is 23.0 Å². The fourth-order valence-corrected chi connectivity index (χ4v) is 3.21. The van der Waals surface area contributed by atoms with Crippen molar-refractivity contribution in [2.24, 2.45) is 0 Å². The van der Waals surface area contributed by atoms with Gasteiger partial charge in [0.1, 0.15) is 5.76 Å². The average molecular weight is 359 g/mol. The van der Waals surface area contributed by atoms with Gasteiger partial charge < -0.3 is 18.8 Å². The summed E-state index contributed by atoms with van der Waals surface area (Å²) in [5.41, 5.74) is 1.57. The van der Waals surface area contributed by atoms with E-state index in [-0.39, 0.29) is 11.9 Å². The van der Waals surface area contributed by atoms with Crippen molar-refractivity contribution in [3.05, 3.63) is 29.7 Å². The first-order chi connectivity index (χ1) is 12.5. The molecule has 1 amide bonds. The van der Waals surface area contributed by atoms with E-state index >= 15 is 0 Å². The number of piperazine rings is 1. The number of methoxy groups -OCH3 is 2. The van der Waals surface area contributed by atoms with E-state index in [9.17, 15) is 4.79 Å². The number of nitrogens with zero attached hydrogens (tertiary/aromatic N) is 3. The number of aryl methyl sites for hydroxylation is 1. The zero-order valence-electron chi connectivity index (χ0n) is 15.9. The third-order valence-electron chi connectivity index (χ3n) is 4.88. The van der Waals surface area contributed by atoms with Gasteiger partial charge in [0.05, 0.1) is 31.5 Å². The highest BCUT2D eigenvalue weighted by molar-refractivity contribution is 5.82. The van der Waals surface area contributed by atoms with Crippen LogP contribution in [-0.4, -0.2) is 61.1 Å². The molecule has 1 saturated heterocycles. The van der Waals surface area contributed by atoms with Crippen LogP contribution in [-0.2, 0) is 11.3 Å². The molecular formula is C19H25N3O4. The molecule has 0 bridgehead atoms. The second kappa shape index (κ2) is 7.37. The van der Waals surface area contributed by atoms with Crippen LogP contribution in [0.2, 0.25) is 0 Å². The third kappa shape index (κ3) is 3.26. The molecule has 1 aliphatic rings. The lowest BCUT2D eigenvalue weighted by Crippen LogP contribution is -2.53. The highest BCUT2D eigenvalue weighted by atomic mass is 16.5. The first-order valence-corrected chi connectivity index (χ1v) is 8.63. The highest BCUT2D eigenvalue weighted by Gasteiger charge is 2.30. The molecule has 1 aliphatic heterocycles. The maximum absolute atomic E-state index is 12.2. The van der Waals surface area contributed by atoms with Crippen LogP contribution >= 0.6 is 0 Å². The van der Waals surface area contributed by atoms with Gasteiger partial charge in [-0.2, -0.15) is 0 Å². The molecule has 0 spiro atoms. The Balaban J connectivity index is 1.88. The van der Waals surface area contributed by atoms with Crippen molar-refractivity contribution < 1.29 is 18.7 Å². The summed E-state index contributed by atoms with van der Waals surface area (Å²) in [5, 5.41) is 0. The zero-order valence-corrected chi connectivity index (χ0v) is 15.9. The van der Waals surface area contributed by atoms with Gasteiger partial charge in [-0.3, -0.25) is 9.69 Å². The van der Waals surface area contributed by atoms with Crippen molar-refractivity contribution in [2.75, 3.05) is 34.4 Å². The van der Waals surface area contributed by atoms with Crippen molar-refractivity contribution in [2.45, 2.75) is 26.4 Å². The molecule has 3 rings (SSSR count). The summed E-state index contributed by atoms with van der Waals surface area (Å²) in [7, 11) is 5.03. The van der Waals surface area contributed by atoms with E-state index in [1.54, 1.807) is 19.1 Å². The molecule has 1 aromatic carbocycles. The Morgan fingerprint density at radius 3 is 2.73 bits per heavy atom. The molecule has 1 atom stereocenters. The SMILES string of the molecule is COc1cccc(-c2nc(CN3CCN(C)C(=O)C3C)c(C)o2)c1OC. The minimum absolute atomic E-state index is 0.132. The number of benzene rings is 1. The fourth-order valence-electron chi connectivity index (χ4n) is 3.21. The van der Waals surface area contributed by atoms with Gasteiger partial charge in [0.2, 0.25) is 11.8 Å². The van der Waals surface area contributed by atoms with Gasteiger partial charge in [-0.15, -0.1) is 0 Å².